The van der Waals surface area contributed by atoms with Gasteiger partial charge in [0.2, 0.25) is 0 Å². The van der Waals surface area contributed by atoms with Gasteiger partial charge in [0.25, 0.3) is 0 Å². The number of fused-ring (bicyclic) bond motifs is 1. The van der Waals surface area contributed by atoms with Crippen molar-refractivity contribution in [2.75, 3.05) is 18.4 Å². The number of pyridine rings is 1. The van der Waals surface area contributed by atoms with Gasteiger partial charge in [-0.05, 0) is 43.7 Å². The molecule has 1 aromatic heterocycles. The summed E-state index contributed by atoms with van der Waals surface area (Å²) in [7, 11) is 0. The molecule has 1 fully saturated rings. The van der Waals surface area contributed by atoms with Gasteiger partial charge in [0, 0.05) is 34.9 Å². The third-order valence-corrected chi connectivity index (χ3v) is 3.60. The molecule has 1 aliphatic heterocycles. The Morgan fingerprint density at radius 2 is 2.28 bits per heavy atom. The Morgan fingerprint density at radius 1 is 1.33 bits per heavy atom. The van der Waals surface area contributed by atoms with Crippen LogP contribution in [0.25, 0.3) is 10.9 Å². The summed E-state index contributed by atoms with van der Waals surface area (Å²) in [6.07, 6.45) is 4.27. The summed E-state index contributed by atoms with van der Waals surface area (Å²) in [5, 5.41) is 8.87. The summed E-state index contributed by atoms with van der Waals surface area (Å²) < 4.78 is 0. The van der Waals surface area contributed by atoms with E-state index in [0.717, 1.165) is 34.7 Å². The van der Waals surface area contributed by atoms with Gasteiger partial charge in [0.1, 0.15) is 0 Å². The predicted octanol–water partition coefficient (Wildman–Crippen LogP) is 3.05. The maximum atomic E-state index is 5.99. The number of piperidine rings is 1. The Morgan fingerprint density at radius 3 is 3.11 bits per heavy atom. The number of nitrogens with one attached hydrogen (secondary N) is 2. The first-order valence-corrected chi connectivity index (χ1v) is 6.72. The number of benzene rings is 1. The Labute approximate surface area is 112 Å². The van der Waals surface area contributed by atoms with Crippen LogP contribution in [0.5, 0.6) is 0 Å². The molecule has 0 radical (unpaired) electrons. The molecule has 0 saturated carbocycles. The SMILES string of the molecule is Clc1ccc2c(N[C@@H]3CCCNC3)ccnc2c1. The zero-order valence-electron chi connectivity index (χ0n) is 10.1. The lowest BCUT2D eigenvalue weighted by atomic mass is 10.1. The van der Waals surface area contributed by atoms with Gasteiger partial charge in [-0.15, -0.1) is 0 Å². The van der Waals surface area contributed by atoms with E-state index in [2.05, 4.69) is 15.6 Å². The molecule has 1 atom stereocenters. The number of anilines is 1. The largest absolute Gasteiger partial charge is 0.380 e. The van der Waals surface area contributed by atoms with Gasteiger partial charge < -0.3 is 10.6 Å². The summed E-state index contributed by atoms with van der Waals surface area (Å²) in [6.45, 7) is 2.16. The second kappa shape index (κ2) is 5.12. The van der Waals surface area contributed by atoms with Crippen LogP contribution in [0.2, 0.25) is 5.02 Å². The Kier molecular flexibility index (Phi) is 3.35. The lowest BCUT2D eigenvalue weighted by Crippen LogP contribution is -2.38. The van der Waals surface area contributed by atoms with Crippen LogP contribution in [0.1, 0.15) is 12.8 Å². The molecule has 0 aliphatic carbocycles. The van der Waals surface area contributed by atoms with E-state index in [1.54, 1.807) is 0 Å². The molecule has 0 bridgehead atoms. The van der Waals surface area contributed by atoms with Crippen molar-refractivity contribution in [2.24, 2.45) is 0 Å². The number of halogens is 1. The van der Waals surface area contributed by atoms with Gasteiger partial charge in [-0.3, -0.25) is 4.98 Å². The highest BCUT2D eigenvalue weighted by atomic mass is 35.5. The minimum Gasteiger partial charge on any atom is -0.380 e. The third-order valence-electron chi connectivity index (χ3n) is 3.36. The highest BCUT2D eigenvalue weighted by Crippen LogP contribution is 2.25. The normalized spacial score (nSPS) is 19.9. The number of rotatable bonds is 2. The highest BCUT2D eigenvalue weighted by Gasteiger charge is 2.13. The van der Waals surface area contributed by atoms with Crippen molar-refractivity contribution in [2.45, 2.75) is 18.9 Å². The first-order valence-electron chi connectivity index (χ1n) is 6.34. The maximum Gasteiger partial charge on any atom is 0.0737 e. The molecular formula is C14H16ClN3. The Balaban J connectivity index is 1.91. The number of nitrogens with zero attached hydrogens (tertiary/aromatic N) is 1. The fourth-order valence-corrected chi connectivity index (χ4v) is 2.61. The van der Waals surface area contributed by atoms with E-state index in [1.165, 1.54) is 12.8 Å². The third kappa shape index (κ3) is 2.42. The van der Waals surface area contributed by atoms with E-state index >= 15 is 0 Å². The van der Waals surface area contributed by atoms with Crippen LogP contribution in [-0.2, 0) is 0 Å². The van der Waals surface area contributed by atoms with Crippen molar-refractivity contribution in [3.8, 4) is 0 Å². The van der Waals surface area contributed by atoms with Crippen LogP contribution in [-0.4, -0.2) is 24.1 Å². The van der Waals surface area contributed by atoms with Crippen LogP contribution in [0.4, 0.5) is 5.69 Å². The van der Waals surface area contributed by atoms with Crippen molar-refractivity contribution >= 4 is 28.2 Å². The molecule has 1 saturated heterocycles. The molecule has 1 aliphatic rings. The number of hydrogen-bond donors (Lipinski definition) is 2. The van der Waals surface area contributed by atoms with Crippen molar-refractivity contribution < 1.29 is 0 Å². The van der Waals surface area contributed by atoms with Gasteiger partial charge >= 0.3 is 0 Å². The highest BCUT2D eigenvalue weighted by molar-refractivity contribution is 6.31. The Bertz CT molecular complexity index is 550. The number of hydrogen-bond acceptors (Lipinski definition) is 3. The summed E-state index contributed by atoms with van der Waals surface area (Å²) >= 11 is 5.99. The number of aromatic nitrogens is 1. The van der Waals surface area contributed by atoms with Gasteiger partial charge in [0.05, 0.1) is 5.52 Å². The van der Waals surface area contributed by atoms with E-state index in [-0.39, 0.29) is 0 Å². The molecule has 2 heterocycles. The average Bonchev–Trinajstić information content (AvgIpc) is 2.40. The van der Waals surface area contributed by atoms with Crippen molar-refractivity contribution in [1.82, 2.24) is 10.3 Å². The molecule has 1 aromatic carbocycles. The standard InChI is InChI=1S/C14H16ClN3/c15-10-3-4-12-13(5-7-17-14(12)8-10)18-11-2-1-6-16-9-11/h3-5,7-8,11,16H,1-2,6,9H2,(H,17,18)/t11-/m1/s1. The summed E-state index contributed by atoms with van der Waals surface area (Å²) in [5.74, 6) is 0. The molecule has 18 heavy (non-hydrogen) atoms. The molecule has 0 unspecified atom stereocenters. The fourth-order valence-electron chi connectivity index (χ4n) is 2.44. The topological polar surface area (TPSA) is 37.0 Å². The molecular weight excluding hydrogens is 246 g/mol. The first kappa shape index (κ1) is 11.8. The second-order valence-electron chi connectivity index (χ2n) is 4.71. The molecule has 3 nitrogen and oxygen atoms in total. The van der Waals surface area contributed by atoms with Crippen LogP contribution in [0, 0.1) is 0 Å². The second-order valence-corrected chi connectivity index (χ2v) is 5.14. The fraction of sp³-hybridized carbons (Fsp3) is 0.357. The summed E-state index contributed by atoms with van der Waals surface area (Å²) in [6, 6.07) is 8.38. The minimum atomic E-state index is 0.500. The zero-order valence-corrected chi connectivity index (χ0v) is 10.9. The molecule has 3 rings (SSSR count). The first-order chi connectivity index (χ1) is 8.83. The molecule has 94 valence electrons. The van der Waals surface area contributed by atoms with Crippen LogP contribution in [0.15, 0.2) is 30.5 Å². The van der Waals surface area contributed by atoms with Crippen molar-refractivity contribution in [1.29, 1.82) is 0 Å². The van der Waals surface area contributed by atoms with Crippen LogP contribution < -0.4 is 10.6 Å². The van der Waals surface area contributed by atoms with Crippen LogP contribution in [0.3, 0.4) is 0 Å². The maximum absolute atomic E-state index is 5.99. The van der Waals surface area contributed by atoms with Crippen molar-refractivity contribution in [3.05, 3.63) is 35.5 Å². The lowest BCUT2D eigenvalue weighted by molar-refractivity contribution is 0.480. The lowest BCUT2D eigenvalue weighted by Gasteiger charge is -2.25. The summed E-state index contributed by atoms with van der Waals surface area (Å²) in [4.78, 5) is 4.36. The molecule has 4 heteroatoms. The van der Waals surface area contributed by atoms with E-state index in [0.29, 0.717) is 6.04 Å². The van der Waals surface area contributed by atoms with E-state index in [9.17, 15) is 0 Å². The Hall–Kier alpha value is -1.32. The van der Waals surface area contributed by atoms with Gasteiger partial charge in [-0.2, -0.15) is 0 Å². The van der Waals surface area contributed by atoms with Gasteiger partial charge in [0.15, 0.2) is 0 Å². The minimum absolute atomic E-state index is 0.500. The van der Waals surface area contributed by atoms with Gasteiger partial charge in [-0.1, -0.05) is 11.6 Å². The smallest absolute Gasteiger partial charge is 0.0737 e. The average molecular weight is 262 g/mol. The molecule has 0 amide bonds. The van der Waals surface area contributed by atoms with Gasteiger partial charge in [-0.25, -0.2) is 0 Å². The quantitative estimate of drug-likeness (QED) is 0.873. The van der Waals surface area contributed by atoms with E-state index in [1.807, 2.05) is 30.5 Å². The predicted molar refractivity (Wildman–Crippen MR) is 76.3 cm³/mol. The molecule has 2 aromatic rings. The van der Waals surface area contributed by atoms with E-state index in [4.69, 9.17) is 11.6 Å². The molecule has 0 spiro atoms. The summed E-state index contributed by atoms with van der Waals surface area (Å²) in [5.41, 5.74) is 2.08. The zero-order chi connectivity index (χ0) is 12.4. The van der Waals surface area contributed by atoms with Crippen molar-refractivity contribution in [3.63, 3.8) is 0 Å². The molecule has 2 N–H and O–H groups in total. The van der Waals surface area contributed by atoms with Crippen LogP contribution >= 0.6 is 11.6 Å². The van der Waals surface area contributed by atoms with E-state index < -0.39 is 0 Å². The monoisotopic (exact) mass is 261 g/mol.